The molecule has 2 amide bonds. The number of unbranched alkanes of at least 4 members (excludes halogenated alkanes) is 1. The van der Waals surface area contributed by atoms with Crippen LogP contribution in [0.4, 0.5) is 15.6 Å². The maximum atomic E-state index is 11.8. The number of carbonyl (C=O) groups excluding carboxylic acids is 1. The predicted molar refractivity (Wildman–Crippen MR) is 84.6 cm³/mol. The van der Waals surface area contributed by atoms with Crippen LogP contribution in [0.15, 0.2) is 35.5 Å². The predicted octanol–water partition coefficient (Wildman–Crippen LogP) is 4.07. The number of hydrogen-bond donors (Lipinski definition) is 2. The first-order valence-corrected chi connectivity index (χ1v) is 8.13. The van der Waals surface area contributed by atoms with E-state index >= 15 is 0 Å². The summed E-state index contributed by atoms with van der Waals surface area (Å²) in [6, 6.07) is 8.97. The van der Waals surface area contributed by atoms with Gasteiger partial charge in [0.25, 0.3) is 0 Å². The average molecular weight is 308 g/mol. The van der Waals surface area contributed by atoms with E-state index in [-0.39, 0.29) is 6.03 Å². The molecule has 0 radical (unpaired) electrons. The Kier molecular flexibility index (Phi) is 5.82. The Morgan fingerprint density at radius 1 is 1.30 bits per heavy atom. The standard InChI is InChI=1S/C13H16N4OS2/c1-2-3-9-19-13-16-12(20-17-13)15-11(18)14-10-7-5-4-6-8-10/h4-8H,2-3,9H2,1H3,(H2,14,15,16,17,18). The summed E-state index contributed by atoms with van der Waals surface area (Å²) in [5, 5.41) is 6.65. The Morgan fingerprint density at radius 2 is 2.10 bits per heavy atom. The number of nitrogens with zero attached hydrogens (tertiary/aromatic N) is 2. The van der Waals surface area contributed by atoms with Crippen LogP contribution in [0.3, 0.4) is 0 Å². The number of amides is 2. The highest BCUT2D eigenvalue weighted by Crippen LogP contribution is 2.21. The van der Waals surface area contributed by atoms with Crippen molar-refractivity contribution in [2.75, 3.05) is 16.4 Å². The molecule has 0 fully saturated rings. The summed E-state index contributed by atoms with van der Waals surface area (Å²) in [7, 11) is 0. The zero-order valence-electron chi connectivity index (χ0n) is 11.1. The molecule has 2 N–H and O–H groups in total. The number of thioether (sulfide) groups is 1. The number of nitrogens with one attached hydrogen (secondary N) is 2. The van der Waals surface area contributed by atoms with Crippen LogP contribution in [0, 0.1) is 0 Å². The Balaban J connectivity index is 1.82. The molecule has 0 atom stereocenters. The van der Waals surface area contributed by atoms with Gasteiger partial charge in [-0.2, -0.15) is 9.36 Å². The fourth-order valence-electron chi connectivity index (χ4n) is 1.41. The zero-order chi connectivity index (χ0) is 14.2. The van der Waals surface area contributed by atoms with Crippen molar-refractivity contribution in [1.29, 1.82) is 0 Å². The van der Waals surface area contributed by atoms with E-state index in [4.69, 9.17) is 0 Å². The first kappa shape index (κ1) is 14.8. The van der Waals surface area contributed by atoms with Crippen molar-refractivity contribution >= 4 is 40.1 Å². The van der Waals surface area contributed by atoms with Gasteiger partial charge in [0.15, 0.2) is 0 Å². The van der Waals surface area contributed by atoms with Gasteiger partial charge in [-0.15, -0.1) is 0 Å². The molecule has 0 aliphatic heterocycles. The van der Waals surface area contributed by atoms with E-state index in [1.165, 1.54) is 11.5 Å². The van der Waals surface area contributed by atoms with Crippen LogP contribution in [-0.2, 0) is 0 Å². The van der Waals surface area contributed by atoms with Gasteiger partial charge in [-0.05, 0) is 18.6 Å². The third-order valence-electron chi connectivity index (χ3n) is 2.39. The van der Waals surface area contributed by atoms with Crippen molar-refractivity contribution in [3.05, 3.63) is 30.3 Å². The molecular weight excluding hydrogens is 292 g/mol. The number of para-hydroxylation sites is 1. The number of rotatable bonds is 6. The van der Waals surface area contributed by atoms with E-state index < -0.39 is 0 Å². The molecular formula is C13H16N4OS2. The van der Waals surface area contributed by atoms with E-state index in [0.717, 1.165) is 29.4 Å². The molecule has 7 heteroatoms. The van der Waals surface area contributed by atoms with Gasteiger partial charge in [0.05, 0.1) is 0 Å². The van der Waals surface area contributed by atoms with Crippen LogP contribution in [0.25, 0.3) is 0 Å². The maximum absolute atomic E-state index is 11.8. The lowest BCUT2D eigenvalue weighted by Crippen LogP contribution is -2.19. The normalized spacial score (nSPS) is 10.2. The first-order valence-electron chi connectivity index (χ1n) is 6.37. The second kappa shape index (κ2) is 7.86. The fourth-order valence-corrected chi connectivity index (χ4v) is 3.03. The number of carbonyl (C=O) groups is 1. The summed E-state index contributed by atoms with van der Waals surface area (Å²) in [5.41, 5.74) is 0.743. The molecule has 1 heterocycles. The van der Waals surface area contributed by atoms with Gasteiger partial charge in [0.2, 0.25) is 10.3 Å². The molecule has 0 unspecified atom stereocenters. The van der Waals surface area contributed by atoms with Crippen molar-refractivity contribution in [2.45, 2.75) is 24.9 Å². The molecule has 1 aromatic heterocycles. The largest absolute Gasteiger partial charge is 0.325 e. The minimum absolute atomic E-state index is 0.308. The SMILES string of the molecule is CCCCSc1nsc(NC(=O)Nc2ccccc2)n1. The summed E-state index contributed by atoms with van der Waals surface area (Å²) in [6.45, 7) is 2.15. The van der Waals surface area contributed by atoms with Gasteiger partial charge >= 0.3 is 6.03 Å². The number of hydrogen-bond acceptors (Lipinski definition) is 5. The fraction of sp³-hybridized carbons (Fsp3) is 0.308. The van der Waals surface area contributed by atoms with Crippen molar-refractivity contribution < 1.29 is 4.79 Å². The van der Waals surface area contributed by atoms with Crippen LogP contribution in [0.1, 0.15) is 19.8 Å². The third-order valence-corrected chi connectivity index (χ3v) is 4.07. The van der Waals surface area contributed by atoms with Crippen LogP contribution < -0.4 is 10.6 Å². The van der Waals surface area contributed by atoms with Gasteiger partial charge < -0.3 is 5.32 Å². The number of benzene rings is 1. The van der Waals surface area contributed by atoms with Crippen molar-refractivity contribution in [3.8, 4) is 0 Å². The molecule has 1 aromatic carbocycles. The molecule has 0 bridgehead atoms. The first-order chi connectivity index (χ1) is 9.78. The topological polar surface area (TPSA) is 66.9 Å². The number of urea groups is 1. The monoisotopic (exact) mass is 308 g/mol. The zero-order valence-corrected chi connectivity index (χ0v) is 12.8. The van der Waals surface area contributed by atoms with Gasteiger partial charge in [0.1, 0.15) is 0 Å². The van der Waals surface area contributed by atoms with Gasteiger partial charge in [0, 0.05) is 23.0 Å². The molecule has 5 nitrogen and oxygen atoms in total. The molecule has 0 spiro atoms. The maximum Gasteiger partial charge on any atom is 0.325 e. The van der Waals surface area contributed by atoms with E-state index in [1.54, 1.807) is 11.8 Å². The molecule has 20 heavy (non-hydrogen) atoms. The van der Waals surface area contributed by atoms with E-state index in [1.807, 2.05) is 30.3 Å². The lowest BCUT2D eigenvalue weighted by molar-refractivity contribution is 0.262. The molecule has 2 rings (SSSR count). The molecule has 0 saturated heterocycles. The molecule has 2 aromatic rings. The minimum atomic E-state index is -0.308. The van der Waals surface area contributed by atoms with Crippen LogP contribution in [0.5, 0.6) is 0 Å². The van der Waals surface area contributed by atoms with E-state index in [9.17, 15) is 4.79 Å². The number of aromatic nitrogens is 2. The molecule has 0 aliphatic rings. The third kappa shape index (κ3) is 4.82. The number of anilines is 2. The molecule has 0 saturated carbocycles. The summed E-state index contributed by atoms with van der Waals surface area (Å²) < 4.78 is 4.20. The average Bonchev–Trinajstić information content (AvgIpc) is 2.87. The smallest absolute Gasteiger partial charge is 0.308 e. The summed E-state index contributed by atoms with van der Waals surface area (Å²) in [5.74, 6) is 1.00. The van der Waals surface area contributed by atoms with E-state index in [0.29, 0.717) is 5.13 Å². The highest BCUT2D eigenvalue weighted by molar-refractivity contribution is 7.99. The lowest BCUT2D eigenvalue weighted by atomic mass is 10.3. The summed E-state index contributed by atoms with van der Waals surface area (Å²) in [4.78, 5) is 16.0. The quantitative estimate of drug-likeness (QED) is 0.623. The summed E-state index contributed by atoms with van der Waals surface area (Å²) in [6.07, 6.45) is 2.29. The van der Waals surface area contributed by atoms with Gasteiger partial charge in [-0.25, -0.2) is 4.79 Å². The highest BCUT2D eigenvalue weighted by Gasteiger charge is 2.08. The Bertz CT molecular complexity index is 544. The Hall–Kier alpha value is -1.60. The lowest BCUT2D eigenvalue weighted by Gasteiger charge is -2.04. The van der Waals surface area contributed by atoms with Crippen LogP contribution in [-0.4, -0.2) is 21.1 Å². The second-order valence-electron chi connectivity index (χ2n) is 4.03. The van der Waals surface area contributed by atoms with Crippen molar-refractivity contribution in [2.24, 2.45) is 0 Å². The van der Waals surface area contributed by atoms with Crippen molar-refractivity contribution in [3.63, 3.8) is 0 Å². The van der Waals surface area contributed by atoms with Crippen LogP contribution in [0.2, 0.25) is 0 Å². The summed E-state index contributed by atoms with van der Waals surface area (Å²) >= 11 is 2.81. The highest BCUT2D eigenvalue weighted by atomic mass is 32.2. The molecule has 0 aliphatic carbocycles. The van der Waals surface area contributed by atoms with Gasteiger partial charge in [-0.1, -0.05) is 43.3 Å². The Labute approximate surface area is 126 Å². The van der Waals surface area contributed by atoms with Crippen molar-refractivity contribution in [1.82, 2.24) is 9.36 Å². The van der Waals surface area contributed by atoms with Gasteiger partial charge in [-0.3, -0.25) is 5.32 Å². The molecule has 106 valence electrons. The van der Waals surface area contributed by atoms with Crippen LogP contribution >= 0.6 is 23.3 Å². The Morgan fingerprint density at radius 3 is 2.85 bits per heavy atom. The second-order valence-corrected chi connectivity index (χ2v) is 5.84. The minimum Gasteiger partial charge on any atom is -0.308 e. The van der Waals surface area contributed by atoms with E-state index in [2.05, 4.69) is 26.9 Å².